The third kappa shape index (κ3) is 3.74. The molecule has 144 valence electrons. The molecule has 1 aliphatic heterocycles. The monoisotopic (exact) mass is 404 g/mol. The Morgan fingerprint density at radius 3 is 2.86 bits per heavy atom. The van der Waals surface area contributed by atoms with E-state index in [0.717, 1.165) is 27.4 Å². The molecule has 0 radical (unpaired) electrons. The molecule has 0 atom stereocenters. The van der Waals surface area contributed by atoms with Gasteiger partial charge in [-0.1, -0.05) is 23.9 Å². The highest BCUT2D eigenvalue weighted by Crippen LogP contribution is 2.34. The fraction of sp³-hybridized carbons (Fsp3) is 0.0952. The van der Waals surface area contributed by atoms with Crippen LogP contribution in [0.2, 0.25) is 0 Å². The van der Waals surface area contributed by atoms with Crippen molar-refractivity contribution in [2.75, 3.05) is 17.9 Å². The number of benzene rings is 2. The van der Waals surface area contributed by atoms with Crippen LogP contribution >= 0.6 is 11.8 Å². The van der Waals surface area contributed by atoms with E-state index in [0.29, 0.717) is 17.2 Å². The van der Waals surface area contributed by atoms with Crippen molar-refractivity contribution in [2.24, 2.45) is 0 Å². The molecule has 0 aliphatic carbocycles. The van der Waals surface area contributed by atoms with Gasteiger partial charge in [0.15, 0.2) is 11.5 Å². The van der Waals surface area contributed by atoms with E-state index in [4.69, 9.17) is 9.47 Å². The Morgan fingerprint density at radius 2 is 2.00 bits per heavy atom. The Morgan fingerprint density at radius 1 is 1.10 bits per heavy atom. The van der Waals surface area contributed by atoms with Crippen LogP contribution in [0.1, 0.15) is 0 Å². The smallest absolute Gasteiger partial charge is 0.234 e. The lowest BCUT2D eigenvalue weighted by molar-refractivity contribution is -0.113. The maximum absolute atomic E-state index is 12.2. The Kier molecular flexibility index (Phi) is 4.53. The van der Waals surface area contributed by atoms with E-state index < -0.39 is 0 Å². The van der Waals surface area contributed by atoms with Crippen molar-refractivity contribution < 1.29 is 14.3 Å². The number of fused-ring (bicyclic) bond motifs is 2. The molecule has 2 aromatic carbocycles. The van der Waals surface area contributed by atoms with Gasteiger partial charge in [0.2, 0.25) is 12.7 Å². The normalized spacial score (nSPS) is 12.3. The molecule has 7 nitrogen and oxygen atoms in total. The molecule has 0 fully saturated rings. The molecule has 29 heavy (non-hydrogen) atoms. The predicted octanol–water partition coefficient (Wildman–Crippen LogP) is 4.08. The summed E-state index contributed by atoms with van der Waals surface area (Å²) in [6.07, 6.45) is 1.76. The number of nitrogens with one attached hydrogen (secondary N) is 2. The van der Waals surface area contributed by atoms with Gasteiger partial charge in [-0.15, -0.1) is 0 Å². The van der Waals surface area contributed by atoms with Crippen molar-refractivity contribution in [2.45, 2.75) is 5.03 Å². The molecular weight excluding hydrogens is 388 g/mol. The number of hydrogen-bond donors (Lipinski definition) is 2. The number of nitrogens with zero attached hydrogens (tertiary/aromatic N) is 2. The van der Waals surface area contributed by atoms with E-state index in [1.54, 1.807) is 24.4 Å². The number of carbonyl (C=O) groups is 1. The Balaban J connectivity index is 1.20. The van der Waals surface area contributed by atoms with Crippen LogP contribution in [-0.2, 0) is 4.79 Å². The number of para-hydroxylation sites is 2. The lowest BCUT2D eigenvalue weighted by Crippen LogP contribution is -2.14. The maximum Gasteiger partial charge on any atom is 0.234 e. The molecule has 1 amide bonds. The molecule has 2 N–H and O–H groups in total. The summed E-state index contributed by atoms with van der Waals surface area (Å²) in [4.78, 5) is 24.5. The van der Waals surface area contributed by atoms with Crippen LogP contribution in [0.5, 0.6) is 11.5 Å². The van der Waals surface area contributed by atoms with Gasteiger partial charge in [0.1, 0.15) is 5.82 Å². The number of aromatic nitrogens is 3. The van der Waals surface area contributed by atoms with E-state index in [1.807, 2.05) is 36.4 Å². The minimum atomic E-state index is -0.114. The number of carbonyl (C=O) groups excluding carboxylic acids is 1. The molecule has 0 saturated carbocycles. The molecule has 0 saturated heterocycles. The molecule has 3 heterocycles. The van der Waals surface area contributed by atoms with Crippen LogP contribution < -0.4 is 14.8 Å². The minimum Gasteiger partial charge on any atom is -0.454 e. The van der Waals surface area contributed by atoms with E-state index in [-0.39, 0.29) is 18.5 Å². The minimum absolute atomic E-state index is 0.114. The zero-order valence-corrected chi connectivity index (χ0v) is 16.0. The van der Waals surface area contributed by atoms with Gasteiger partial charge in [-0.05, 0) is 36.4 Å². The van der Waals surface area contributed by atoms with Crippen molar-refractivity contribution >= 4 is 34.4 Å². The fourth-order valence-corrected chi connectivity index (χ4v) is 3.65. The number of aromatic amines is 1. The number of pyridine rings is 1. The maximum atomic E-state index is 12.2. The Labute approximate surface area is 170 Å². The number of thioether (sulfide) groups is 1. The lowest BCUT2D eigenvalue weighted by atomic mass is 10.3. The van der Waals surface area contributed by atoms with E-state index >= 15 is 0 Å². The van der Waals surface area contributed by atoms with Gasteiger partial charge in [-0.25, -0.2) is 9.97 Å². The lowest BCUT2D eigenvalue weighted by Gasteiger charge is -2.06. The second kappa shape index (κ2) is 7.48. The second-order valence-electron chi connectivity index (χ2n) is 6.39. The van der Waals surface area contributed by atoms with E-state index in [1.165, 1.54) is 11.8 Å². The highest BCUT2D eigenvalue weighted by Gasteiger charge is 2.14. The molecule has 5 rings (SSSR count). The van der Waals surface area contributed by atoms with Gasteiger partial charge < -0.3 is 19.8 Å². The first-order valence-electron chi connectivity index (χ1n) is 8.98. The second-order valence-corrected chi connectivity index (χ2v) is 7.39. The molecule has 0 unspecified atom stereocenters. The van der Waals surface area contributed by atoms with Crippen LogP contribution in [0.25, 0.3) is 22.4 Å². The summed E-state index contributed by atoms with van der Waals surface area (Å²) >= 11 is 1.37. The van der Waals surface area contributed by atoms with Crippen LogP contribution in [0.15, 0.2) is 65.8 Å². The average Bonchev–Trinajstić information content (AvgIpc) is 3.39. The Hall–Kier alpha value is -3.52. The molecule has 1 aliphatic rings. The third-order valence-corrected chi connectivity index (χ3v) is 5.35. The first-order valence-corrected chi connectivity index (χ1v) is 9.97. The summed E-state index contributed by atoms with van der Waals surface area (Å²) in [5.74, 6) is 2.24. The summed E-state index contributed by atoms with van der Waals surface area (Å²) in [6, 6.07) is 17.0. The summed E-state index contributed by atoms with van der Waals surface area (Å²) in [7, 11) is 0. The number of imidazole rings is 1. The number of ether oxygens (including phenoxy) is 2. The third-order valence-electron chi connectivity index (χ3n) is 4.41. The van der Waals surface area contributed by atoms with Gasteiger partial charge >= 0.3 is 0 Å². The van der Waals surface area contributed by atoms with Crippen molar-refractivity contribution in [1.82, 2.24) is 15.0 Å². The fourth-order valence-electron chi connectivity index (χ4n) is 3.01. The van der Waals surface area contributed by atoms with E-state index in [9.17, 15) is 4.79 Å². The van der Waals surface area contributed by atoms with Gasteiger partial charge in [0.05, 0.1) is 21.8 Å². The van der Waals surface area contributed by atoms with Crippen molar-refractivity contribution in [3.05, 3.63) is 60.8 Å². The molecule has 0 spiro atoms. The van der Waals surface area contributed by atoms with Crippen molar-refractivity contribution in [1.29, 1.82) is 0 Å². The summed E-state index contributed by atoms with van der Waals surface area (Å²) in [5.41, 5.74) is 3.48. The number of amides is 1. The van der Waals surface area contributed by atoms with Crippen LogP contribution in [0.4, 0.5) is 5.69 Å². The highest BCUT2D eigenvalue weighted by molar-refractivity contribution is 7.99. The summed E-state index contributed by atoms with van der Waals surface area (Å²) in [5, 5.41) is 3.63. The molecular formula is C21H16N4O3S. The first-order chi connectivity index (χ1) is 14.2. The number of anilines is 1. The topological polar surface area (TPSA) is 89.1 Å². The van der Waals surface area contributed by atoms with Gasteiger partial charge in [0, 0.05) is 23.5 Å². The highest BCUT2D eigenvalue weighted by atomic mass is 32.2. The largest absolute Gasteiger partial charge is 0.454 e. The first kappa shape index (κ1) is 17.6. The van der Waals surface area contributed by atoms with Crippen molar-refractivity contribution in [3.63, 3.8) is 0 Å². The average molecular weight is 404 g/mol. The standard InChI is InChI=1S/C21H16N4O3S/c26-19(23-14-6-7-17-18(9-14)28-12-27-17)11-29-20-8-5-13(10-22-20)21-24-15-3-1-2-4-16(15)25-21/h1-10H,11-12H2,(H,23,26)(H,24,25). The van der Waals surface area contributed by atoms with Crippen LogP contribution in [0.3, 0.4) is 0 Å². The summed E-state index contributed by atoms with van der Waals surface area (Å²) in [6.45, 7) is 0.207. The number of H-pyrrole nitrogens is 1. The van der Waals surface area contributed by atoms with Crippen molar-refractivity contribution in [3.8, 4) is 22.9 Å². The molecule has 0 bridgehead atoms. The quantitative estimate of drug-likeness (QED) is 0.487. The number of hydrogen-bond acceptors (Lipinski definition) is 6. The van der Waals surface area contributed by atoms with E-state index in [2.05, 4.69) is 20.3 Å². The van der Waals surface area contributed by atoms with Crippen LogP contribution in [-0.4, -0.2) is 33.4 Å². The molecule has 8 heteroatoms. The zero-order valence-electron chi connectivity index (χ0n) is 15.2. The van der Waals surface area contributed by atoms with Crippen LogP contribution in [0, 0.1) is 0 Å². The number of rotatable bonds is 5. The predicted molar refractivity (Wildman–Crippen MR) is 111 cm³/mol. The molecule has 4 aromatic rings. The zero-order chi connectivity index (χ0) is 19.6. The van der Waals surface area contributed by atoms with Gasteiger partial charge in [-0.3, -0.25) is 4.79 Å². The van der Waals surface area contributed by atoms with Gasteiger partial charge in [-0.2, -0.15) is 0 Å². The Bertz CT molecular complexity index is 1160. The van der Waals surface area contributed by atoms with Gasteiger partial charge in [0.25, 0.3) is 0 Å². The summed E-state index contributed by atoms with van der Waals surface area (Å²) < 4.78 is 10.6. The molecule has 2 aromatic heterocycles. The SMILES string of the molecule is O=C(CSc1ccc(-c2nc3ccccc3[nH]2)cn1)Nc1ccc2c(c1)OCO2.